The smallest absolute Gasteiger partial charge is 0.303 e. The number of carboxylic acid groups (broad SMARTS) is 1. The number of ether oxygens (including phenoxy) is 1. The molecular formula is C24H27ClN2O4. The number of carbonyl (C=O) groups is 1. The van der Waals surface area contributed by atoms with Gasteiger partial charge in [0.05, 0.1) is 11.1 Å². The largest absolute Gasteiger partial charge is 0.489 e. The topological polar surface area (TPSA) is 85.5 Å². The highest BCUT2D eigenvalue weighted by Crippen LogP contribution is 2.32. The molecule has 2 aromatic carbocycles. The van der Waals surface area contributed by atoms with Gasteiger partial charge in [-0.1, -0.05) is 48.3 Å². The second kappa shape index (κ2) is 10.4. The van der Waals surface area contributed by atoms with E-state index >= 15 is 0 Å². The summed E-state index contributed by atoms with van der Waals surface area (Å²) in [5.74, 6) is 0.725. The van der Waals surface area contributed by atoms with Gasteiger partial charge in [0.25, 0.3) is 5.89 Å². The van der Waals surface area contributed by atoms with Crippen LogP contribution in [0.25, 0.3) is 22.8 Å². The Labute approximate surface area is 187 Å². The Kier molecular flexibility index (Phi) is 7.69. The van der Waals surface area contributed by atoms with Crippen molar-refractivity contribution in [1.29, 1.82) is 0 Å². The van der Waals surface area contributed by atoms with Crippen molar-refractivity contribution in [2.75, 3.05) is 0 Å². The van der Waals surface area contributed by atoms with Crippen molar-refractivity contribution in [3.63, 3.8) is 0 Å². The van der Waals surface area contributed by atoms with Crippen molar-refractivity contribution in [3.8, 4) is 28.6 Å². The molecule has 1 heterocycles. The highest BCUT2D eigenvalue weighted by Gasteiger charge is 2.17. The molecule has 0 spiro atoms. The first-order valence-electron chi connectivity index (χ1n) is 10.5. The van der Waals surface area contributed by atoms with Crippen molar-refractivity contribution in [1.82, 2.24) is 10.1 Å². The van der Waals surface area contributed by atoms with E-state index in [1.807, 2.05) is 38.1 Å². The maximum absolute atomic E-state index is 10.9. The van der Waals surface area contributed by atoms with E-state index in [-0.39, 0.29) is 12.5 Å². The highest BCUT2D eigenvalue weighted by atomic mass is 35.5. The summed E-state index contributed by atoms with van der Waals surface area (Å²) in [6.07, 6.45) is 3.29. The molecule has 3 rings (SSSR count). The van der Waals surface area contributed by atoms with E-state index < -0.39 is 5.97 Å². The fourth-order valence-corrected chi connectivity index (χ4v) is 3.71. The summed E-state index contributed by atoms with van der Waals surface area (Å²) in [5.41, 5.74) is 3.90. The molecule has 31 heavy (non-hydrogen) atoms. The normalized spacial score (nSPS) is 11.1. The number of aryl methyl sites for hydroxylation is 1. The second-order valence-electron chi connectivity index (χ2n) is 7.68. The molecule has 0 saturated heterocycles. The molecule has 1 N–H and O–H groups in total. The van der Waals surface area contributed by atoms with Crippen molar-refractivity contribution in [2.45, 2.75) is 59.0 Å². The van der Waals surface area contributed by atoms with Crippen molar-refractivity contribution < 1.29 is 19.2 Å². The third-order valence-corrected chi connectivity index (χ3v) is 5.11. The molecule has 0 unspecified atom stereocenters. The zero-order chi connectivity index (χ0) is 22.4. The molecule has 0 radical (unpaired) electrons. The number of hydrogen-bond donors (Lipinski definition) is 1. The Morgan fingerprint density at radius 3 is 2.71 bits per heavy atom. The van der Waals surface area contributed by atoms with Crippen LogP contribution in [0.4, 0.5) is 0 Å². The van der Waals surface area contributed by atoms with Gasteiger partial charge in [-0.05, 0) is 62.4 Å². The van der Waals surface area contributed by atoms with Crippen LogP contribution >= 0.6 is 11.6 Å². The van der Waals surface area contributed by atoms with E-state index in [1.165, 1.54) is 0 Å². The lowest BCUT2D eigenvalue weighted by atomic mass is 9.93. The van der Waals surface area contributed by atoms with Crippen LogP contribution in [0, 0.1) is 0 Å². The molecule has 164 valence electrons. The molecule has 7 heteroatoms. The van der Waals surface area contributed by atoms with Crippen molar-refractivity contribution in [3.05, 3.63) is 52.5 Å². The molecule has 0 aliphatic rings. The summed E-state index contributed by atoms with van der Waals surface area (Å²) in [7, 11) is 0. The number of benzene rings is 2. The summed E-state index contributed by atoms with van der Waals surface area (Å²) in [5, 5.41) is 13.6. The lowest BCUT2D eigenvalue weighted by molar-refractivity contribution is -0.137. The van der Waals surface area contributed by atoms with Gasteiger partial charge in [0.15, 0.2) is 0 Å². The third-order valence-electron chi connectivity index (χ3n) is 4.82. The Morgan fingerprint density at radius 2 is 2.03 bits per heavy atom. The van der Waals surface area contributed by atoms with Crippen molar-refractivity contribution >= 4 is 17.6 Å². The number of nitrogens with zero attached hydrogens (tertiary/aromatic N) is 2. The zero-order valence-corrected chi connectivity index (χ0v) is 18.8. The van der Waals surface area contributed by atoms with Gasteiger partial charge in [0.1, 0.15) is 5.75 Å². The minimum absolute atomic E-state index is 0.0260. The predicted molar refractivity (Wildman–Crippen MR) is 121 cm³/mol. The number of hydrogen-bond acceptors (Lipinski definition) is 5. The maximum Gasteiger partial charge on any atom is 0.303 e. The van der Waals surface area contributed by atoms with Gasteiger partial charge in [-0.25, -0.2) is 0 Å². The van der Waals surface area contributed by atoms with E-state index in [1.54, 1.807) is 12.1 Å². The van der Waals surface area contributed by atoms with Crippen LogP contribution in [0.1, 0.15) is 51.2 Å². The second-order valence-corrected chi connectivity index (χ2v) is 8.08. The lowest BCUT2D eigenvalue weighted by Crippen LogP contribution is -2.05. The minimum Gasteiger partial charge on any atom is -0.489 e. The van der Waals surface area contributed by atoms with Gasteiger partial charge >= 0.3 is 5.97 Å². The average molecular weight is 443 g/mol. The fourth-order valence-electron chi connectivity index (χ4n) is 3.49. The molecule has 0 atom stereocenters. The summed E-state index contributed by atoms with van der Waals surface area (Å²) >= 11 is 6.35. The van der Waals surface area contributed by atoms with Crippen LogP contribution in [0.2, 0.25) is 5.02 Å². The number of rotatable bonds is 10. The van der Waals surface area contributed by atoms with Gasteiger partial charge in [-0.15, -0.1) is 0 Å². The van der Waals surface area contributed by atoms with Crippen LogP contribution in [-0.4, -0.2) is 27.3 Å². The van der Waals surface area contributed by atoms with Gasteiger partial charge in [0, 0.05) is 17.5 Å². The highest BCUT2D eigenvalue weighted by molar-refractivity contribution is 6.32. The first-order chi connectivity index (χ1) is 14.9. The molecule has 0 bridgehead atoms. The third kappa shape index (κ3) is 5.85. The molecule has 0 fully saturated rings. The molecule has 3 aromatic rings. The fraction of sp³-hybridized carbons (Fsp3) is 0.375. The van der Waals surface area contributed by atoms with Gasteiger partial charge < -0.3 is 14.4 Å². The Balaban J connectivity index is 1.89. The molecular weight excluding hydrogens is 416 g/mol. The molecule has 6 nitrogen and oxygen atoms in total. The summed E-state index contributed by atoms with van der Waals surface area (Å²) in [6.45, 7) is 6.00. The van der Waals surface area contributed by atoms with Gasteiger partial charge in [-0.2, -0.15) is 4.98 Å². The minimum atomic E-state index is -0.778. The maximum atomic E-state index is 10.9. The van der Waals surface area contributed by atoms with Crippen LogP contribution in [0.15, 0.2) is 40.9 Å². The Morgan fingerprint density at radius 1 is 1.23 bits per heavy atom. The van der Waals surface area contributed by atoms with Crippen LogP contribution in [0.5, 0.6) is 5.75 Å². The first-order valence-corrected chi connectivity index (χ1v) is 10.9. The van der Waals surface area contributed by atoms with Crippen molar-refractivity contribution in [2.24, 2.45) is 0 Å². The summed E-state index contributed by atoms with van der Waals surface area (Å²) in [4.78, 5) is 15.5. The molecule has 1 aromatic heterocycles. The Bertz CT molecular complexity index is 1050. The van der Waals surface area contributed by atoms with Crippen LogP contribution in [-0.2, 0) is 17.6 Å². The van der Waals surface area contributed by atoms with E-state index in [2.05, 4.69) is 17.1 Å². The predicted octanol–water partition coefficient (Wildman–Crippen LogP) is 6.20. The first kappa shape index (κ1) is 22.8. The zero-order valence-electron chi connectivity index (χ0n) is 18.0. The quantitative estimate of drug-likeness (QED) is 0.402. The van der Waals surface area contributed by atoms with Gasteiger partial charge in [0.2, 0.25) is 5.82 Å². The number of halogens is 1. The Hall–Kier alpha value is -2.86. The summed E-state index contributed by atoms with van der Waals surface area (Å²) in [6, 6.07) is 11.4. The average Bonchev–Trinajstić information content (AvgIpc) is 3.20. The van der Waals surface area contributed by atoms with Gasteiger partial charge in [-0.3, -0.25) is 4.79 Å². The molecule has 0 amide bonds. The standard InChI is InChI=1S/C24H27ClN2O4/c1-4-7-18-16(9-6-11-22(28)29)8-5-10-19(18)23-26-24(31-27-23)17-12-13-21(20(25)14-17)30-15(2)3/h5,8,10,12-15H,4,6-7,9,11H2,1-3H3,(H,28,29). The molecule has 0 saturated carbocycles. The number of aromatic nitrogens is 2. The molecule has 0 aliphatic heterocycles. The van der Waals surface area contributed by atoms with E-state index in [4.69, 9.17) is 26.0 Å². The number of carboxylic acids is 1. The van der Waals surface area contributed by atoms with E-state index in [0.717, 1.165) is 35.1 Å². The summed E-state index contributed by atoms with van der Waals surface area (Å²) < 4.78 is 11.2. The van der Waals surface area contributed by atoms with Crippen LogP contribution in [0.3, 0.4) is 0 Å². The van der Waals surface area contributed by atoms with E-state index in [9.17, 15) is 4.79 Å². The van der Waals surface area contributed by atoms with E-state index in [0.29, 0.717) is 35.3 Å². The molecule has 0 aliphatic carbocycles. The monoisotopic (exact) mass is 442 g/mol. The van der Waals surface area contributed by atoms with Crippen LogP contribution < -0.4 is 4.74 Å². The number of aliphatic carboxylic acids is 1. The lowest BCUT2D eigenvalue weighted by Gasteiger charge is -2.12. The SMILES string of the molecule is CCCc1c(CCCC(=O)O)cccc1-c1noc(-c2ccc(OC(C)C)c(Cl)c2)n1.